The predicted molar refractivity (Wildman–Crippen MR) is 104 cm³/mol. The van der Waals surface area contributed by atoms with Crippen LogP contribution in [0.15, 0.2) is 30.3 Å². The highest BCUT2D eigenvalue weighted by Gasteiger charge is 2.24. The molecule has 2 rings (SSSR count). The minimum absolute atomic E-state index is 0.227. The lowest BCUT2D eigenvalue weighted by molar-refractivity contribution is 0.0489. The summed E-state index contributed by atoms with van der Waals surface area (Å²) in [7, 11) is 0. The first-order valence-electron chi connectivity index (χ1n) is 9.77. The normalized spacial score (nSPS) is 20.6. The number of amides is 1. The monoisotopic (exact) mass is 362 g/mol. The van der Waals surface area contributed by atoms with E-state index in [1.165, 1.54) is 5.56 Å². The summed E-state index contributed by atoms with van der Waals surface area (Å²) in [4.78, 5) is 11.8. The third kappa shape index (κ3) is 8.68. The molecule has 26 heavy (non-hydrogen) atoms. The number of benzene rings is 1. The van der Waals surface area contributed by atoms with E-state index in [-0.39, 0.29) is 12.1 Å². The molecule has 5 nitrogen and oxygen atoms in total. The molecule has 1 aromatic rings. The average Bonchev–Trinajstić information content (AvgIpc) is 2.58. The van der Waals surface area contributed by atoms with Gasteiger partial charge in [0.05, 0.1) is 13.2 Å². The molecule has 0 aromatic heterocycles. The Hall–Kier alpha value is -1.59. The fraction of sp³-hybridized carbons (Fsp3) is 0.667. The summed E-state index contributed by atoms with van der Waals surface area (Å²) in [6.07, 6.45) is 4.79. The Morgan fingerprint density at radius 1 is 1.04 bits per heavy atom. The highest BCUT2D eigenvalue weighted by atomic mass is 16.6. The Balaban J connectivity index is 1.49. The van der Waals surface area contributed by atoms with Gasteiger partial charge in [0.25, 0.3) is 0 Å². The molecule has 0 heterocycles. The molecule has 1 fully saturated rings. The zero-order valence-electron chi connectivity index (χ0n) is 16.4. The van der Waals surface area contributed by atoms with Crippen molar-refractivity contribution in [1.29, 1.82) is 0 Å². The van der Waals surface area contributed by atoms with Crippen LogP contribution in [0, 0.1) is 0 Å². The maximum atomic E-state index is 11.8. The van der Waals surface area contributed by atoms with Crippen molar-refractivity contribution in [2.75, 3.05) is 19.8 Å². The second-order valence-corrected chi connectivity index (χ2v) is 8.00. The van der Waals surface area contributed by atoms with Gasteiger partial charge in [0.2, 0.25) is 0 Å². The third-order valence-electron chi connectivity index (χ3n) is 4.51. The predicted octanol–water partition coefficient (Wildman–Crippen LogP) is 3.67. The first-order valence-corrected chi connectivity index (χ1v) is 9.77. The maximum absolute atomic E-state index is 11.8. The minimum Gasteiger partial charge on any atom is -0.444 e. The van der Waals surface area contributed by atoms with Gasteiger partial charge in [-0.15, -0.1) is 0 Å². The standard InChI is InChI=1S/C21H34N2O3/c1-21(2,3)26-20(24)23-19-11-9-18(10-12-19)22-14-16-25-15-13-17-7-5-4-6-8-17/h4-8,18-19,22H,9-16H2,1-3H3,(H,23,24). The van der Waals surface area contributed by atoms with Crippen LogP contribution in [0.25, 0.3) is 0 Å². The van der Waals surface area contributed by atoms with Crippen LogP contribution in [0.2, 0.25) is 0 Å². The number of carbonyl (C=O) groups is 1. The second-order valence-electron chi connectivity index (χ2n) is 8.00. The first kappa shape index (κ1) is 20.7. The van der Waals surface area contributed by atoms with E-state index in [9.17, 15) is 4.79 Å². The molecule has 2 N–H and O–H groups in total. The molecule has 0 radical (unpaired) electrons. The number of hydrogen-bond acceptors (Lipinski definition) is 4. The fourth-order valence-electron chi connectivity index (χ4n) is 3.19. The van der Waals surface area contributed by atoms with Crippen LogP contribution in [0.3, 0.4) is 0 Å². The van der Waals surface area contributed by atoms with E-state index in [4.69, 9.17) is 9.47 Å². The van der Waals surface area contributed by atoms with Gasteiger partial charge in [-0.3, -0.25) is 0 Å². The molecule has 1 aliphatic rings. The van der Waals surface area contributed by atoms with Crippen molar-refractivity contribution >= 4 is 6.09 Å². The zero-order valence-corrected chi connectivity index (χ0v) is 16.4. The Morgan fingerprint density at radius 3 is 2.35 bits per heavy atom. The molecule has 0 aliphatic heterocycles. The van der Waals surface area contributed by atoms with E-state index in [1.807, 2.05) is 26.8 Å². The number of hydrogen-bond donors (Lipinski definition) is 2. The van der Waals surface area contributed by atoms with Gasteiger partial charge in [0, 0.05) is 18.6 Å². The fourth-order valence-corrected chi connectivity index (χ4v) is 3.19. The number of nitrogens with one attached hydrogen (secondary N) is 2. The summed E-state index contributed by atoms with van der Waals surface area (Å²) < 4.78 is 11.0. The molecule has 1 aliphatic carbocycles. The van der Waals surface area contributed by atoms with E-state index in [0.717, 1.165) is 51.9 Å². The van der Waals surface area contributed by atoms with Crippen LogP contribution in [0.4, 0.5) is 4.79 Å². The lowest BCUT2D eigenvalue weighted by Gasteiger charge is -2.30. The molecular weight excluding hydrogens is 328 g/mol. The largest absolute Gasteiger partial charge is 0.444 e. The van der Waals surface area contributed by atoms with Crippen molar-refractivity contribution in [2.24, 2.45) is 0 Å². The number of alkyl carbamates (subject to hydrolysis) is 1. The summed E-state index contributed by atoms with van der Waals surface area (Å²) in [5.41, 5.74) is 0.875. The van der Waals surface area contributed by atoms with E-state index < -0.39 is 5.60 Å². The van der Waals surface area contributed by atoms with Gasteiger partial charge in [0.1, 0.15) is 5.60 Å². The SMILES string of the molecule is CC(C)(C)OC(=O)NC1CCC(NCCOCCc2ccccc2)CC1. The van der Waals surface area contributed by atoms with Crippen LogP contribution >= 0.6 is 0 Å². The Morgan fingerprint density at radius 2 is 1.69 bits per heavy atom. The van der Waals surface area contributed by atoms with Crippen molar-refractivity contribution in [2.45, 2.75) is 70.6 Å². The molecule has 0 spiro atoms. The molecule has 146 valence electrons. The number of rotatable bonds is 8. The van der Waals surface area contributed by atoms with Gasteiger partial charge in [-0.25, -0.2) is 4.79 Å². The van der Waals surface area contributed by atoms with Crippen LogP contribution in [0.1, 0.15) is 52.0 Å². The summed E-state index contributed by atoms with van der Waals surface area (Å²) in [5.74, 6) is 0. The molecule has 1 saturated carbocycles. The zero-order chi connectivity index (χ0) is 18.8. The topological polar surface area (TPSA) is 59.6 Å². The first-order chi connectivity index (χ1) is 12.4. The van der Waals surface area contributed by atoms with Gasteiger partial charge < -0.3 is 20.1 Å². The van der Waals surface area contributed by atoms with Crippen LogP contribution in [0.5, 0.6) is 0 Å². The third-order valence-corrected chi connectivity index (χ3v) is 4.51. The molecule has 1 aromatic carbocycles. The summed E-state index contributed by atoms with van der Waals surface area (Å²) in [6, 6.07) is 11.2. The number of carbonyl (C=O) groups excluding carboxylic acids is 1. The van der Waals surface area contributed by atoms with E-state index in [0.29, 0.717) is 6.04 Å². The molecular formula is C21H34N2O3. The summed E-state index contributed by atoms with van der Waals surface area (Å²) >= 11 is 0. The molecule has 0 bridgehead atoms. The summed E-state index contributed by atoms with van der Waals surface area (Å²) in [5, 5.41) is 6.55. The van der Waals surface area contributed by atoms with Crippen molar-refractivity contribution in [1.82, 2.24) is 10.6 Å². The Kier molecular flexibility index (Phi) is 8.39. The van der Waals surface area contributed by atoms with Crippen LogP contribution < -0.4 is 10.6 Å². The molecule has 1 amide bonds. The van der Waals surface area contributed by atoms with E-state index >= 15 is 0 Å². The lowest BCUT2D eigenvalue weighted by Crippen LogP contribution is -2.44. The second kappa shape index (κ2) is 10.5. The minimum atomic E-state index is -0.441. The quantitative estimate of drug-likeness (QED) is 0.693. The van der Waals surface area contributed by atoms with E-state index in [2.05, 4.69) is 34.9 Å². The molecule has 0 unspecified atom stereocenters. The van der Waals surface area contributed by atoms with Crippen molar-refractivity contribution in [3.8, 4) is 0 Å². The van der Waals surface area contributed by atoms with Gasteiger partial charge in [-0.1, -0.05) is 30.3 Å². The van der Waals surface area contributed by atoms with Crippen molar-refractivity contribution < 1.29 is 14.3 Å². The lowest BCUT2D eigenvalue weighted by atomic mass is 9.91. The van der Waals surface area contributed by atoms with Gasteiger partial charge >= 0.3 is 6.09 Å². The Bertz CT molecular complexity index is 520. The van der Waals surface area contributed by atoms with Gasteiger partial charge in [0.15, 0.2) is 0 Å². The maximum Gasteiger partial charge on any atom is 0.407 e. The van der Waals surface area contributed by atoms with Crippen molar-refractivity contribution in [3.63, 3.8) is 0 Å². The highest BCUT2D eigenvalue weighted by Crippen LogP contribution is 2.19. The molecule has 0 atom stereocenters. The van der Waals surface area contributed by atoms with Crippen molar-refractivity contribution in [3.05, 3.63) is 35.9 Å². The Labute approximate surface area is 157 Å². The molecule has 5 heteroatoms. The van der Waals surface area contributed by atoms with Gasteiger partial charge in [-0.2, -0.15) is 0 Å². The van der Waals surface area contributed by atoms with E-state index in [1.54, 1.807) is 0 Å². The highest BCUT2D eigenvalue weighted by molar-refractivity contribution is 5.68. The number of ether oxygens (including phenoxy) is 2. The van der Waals surface area contributed by atoms with Crippen LogP contribution in [-0.2, 0) is 15.9 Å². The molecule has 0 saturated heterocycles. The smallest absolute Gasteiger partial charge is 0.407 e. The summed E-state index contributed by atoms with van der Waals surface area (Å²) in [6.45, 7) is 8.03. The average molecular weight is 363 g/mol. The van der Waals surface area contributed by atoms with Gasteiger partial charge in [-0.05, 0) is 58.4 Å². The van der Waals surface area contributed by atoms with Crippen LogP contribution in [-0.4, -0.2) is 43.5 Å².